The van der Waals surface area contributed by atoms with E-state index in [1.807, 2.05) is 6.07 Å². The Labute approximate surface area is 119 Å². The zero-order chi connectivity index (χ0) is 14.0. The van der Waals surface area contributed by atoms with Crippen LogP contribution in [0, 0.1) is 5.92 Å². The Hall–Kier alpha value is -1.56. The van der Waals surface area contributed by atoms with Crippen molar-refractivity contribution >= 4 is 33.5 Å². The molecule has 0 saturated carbocycles. The van der Waals surface area contributed by atoms with Crippen LogP contribution < -0.4 is 9.64 Å². The molecule has 5 nitrogen and oxygen atoms in total. The lowest BCUT2D eigenvalue weighted by atomic mass is 10.1. The van der Waals surface area contributed by atoms with Gasteiger partial charge in [0.25, 0.3) is 0 Å². The van der Waals surface area contributed by atoms with Crippen molar-refractivity contribution in [3.8, 4) is 5.75 Å². The van der Waals surface area contributed by atoms with Crippen molar-refractivity contribution in [2.24, 2.45) is 5.92 Å². The molecule has 6 heteroatoms. The molecule has 0 N–H and O–H groups in total. The van der Waals surface area contributed by atoms with Crippen molar-refractivity contribution in [3.63, 3.8) is 0 Å². The molecule has 1 fully saturated rings. The van der Waals surface area contributed by atoms with E-state index in [4.69, 9.17) is 4.74 Å². The van der Waals surface area contributed by atoms with Crippen LogP contribution in [0.5, 0.6) is 5.75 Å². The number of benzene rings is 1. The third kappa shape index (κ3) is 2.58. The first-order chi connectivity index (χ1) is 9.08. The number of carbonyl (C=O) groups is 2. The SMILES string of the molecule is COC(=O)C1CC(=O)N(c2cccc(OC)c2Br)C1. The van der Waals surface area contributed by atoms with Gasteiger partial charge in [-0.1, -0.05) is 6.07 Å². The van der Waals surface area contributed by atoms with E-state index in [9.17, 15) is 9.59 Å². The van der Waals surface area contributed by atoms with E-state index in [2.05, 4.69) is 20.7 Å². The predicted octanol–water partition coefficient (Wildman–Crippen LogP) is 1.98. The van der Waals surface area contributed by atoms with E-state index in [1.54, 1.807) is 24.1 Å². The fourth-order valence-electron chi connectivity index (χ4n) is 2.13. The summed E-state index contributed by atoms with van der Waals surface area (Å²) in [5.41, 5.74) is 0.704. The lowest BCUT2D eigenvalue weighted by Gasteiger charge is -2.19. The van der Waals surface area contributed by atoms with E-state index in [0.717, 1.165) is 0 Å². The Balaban J connectivity index is 2.28. The molecule has 1 heterocycles. The van der Waals surface area contributed by atoms with Crippen LogP contribution in [0.15, 0.2) is 22.7 Å². The molecule has 0 aromatic heterocycles. The van der Waals surface area contributed by atoms with E-state index < -0.39 is 5.92 Å². The second kappa shape index (κ2) is 5.61. The van der Waals surface area contributed by atoms with Gasteiger partial charge >= 0.3 is 5.97 Å². The fraction of sp³-hybridized carbons (Fsp3) is 0.385. The van der Waals surface area contributed by atoms with Gasteiger partial charge in [-0.3, -0.25) is 9.59 Å². The minimum absolute atomic E-state index is 0.0932. The molecule has 1 amide bonds. The maximum atomic E-state index is 12.0. The number of amides is 1. The number of hydrogen-bond acceptors (Lipinski definition) is 4. The van der Waals surface area contributed by atoms with Gasteiger partial charge in [-0.25, -0.2) is 0 Å². The van der Waals surface area contributed by atoms with Crippen LogP contribution in [-0.4, -0.2) is 32.6 Å². The maximum Gasteiger partial charge on any atom is 0.311 e. The van der Waals surface area contributed by atoms with E-state index in [0.29, 0.717) is 22.5 Å². The average Bonchev–Trinajstić information content (AvgIpc) is 2.80. The molecule has 0 bridgehead atoms. The molecule has 1 unspecified atom stereocenters. The highest BCUT2D eigenvalue weighted by atomic mass is 79.9. The summed E-state index contributed by atoms with van der Waals surface area (Å²) in [6.07, 6.45) is 0.177. The molecule has 2 rings (SSSR count). The lowest BCUT2D eigenvalue weighted by Crippen LogP contribution is -2.26. The number of hydrogen-bond donors (Lipinski definition) is 0. The van der Waals surface area contributed by atoms with Gasteiger partial charge in [0.2, 0.25) is 5.91 Å². The van der Waals surface area contributed by atoms with Crippen LogP contribution >= 0.6 is 15.9 Å². The molecule has 1 aliphatic rings. The van der Waals surface area contributed by atoms with Gasteiger partial charge in [0.05, 0.1) is 30.3 Å². The summed E-state index contributed by atoms with van der Waals surface area (Å²) < 4.78 is 10.6. The molecule has 0 aliphatic carbocycles. The Bertz CT molecular complexity index is 517. The number of halogens is 1. The highest BCUT2D eigenvalue weighted by Gasteiger charge is 2.36. The summed E-state index contributed by atoms with van der Waals surface area (Å²) in [6, 6.07) is 5.41. The second-order valence-corrected chi connectivity index (χ2v) is 5.01. The van der Waals surface area contributed by atoms with Gasteiger partial charge in [0.15, 0.2) is 0 Å². The number of nitrogens with zero attached hydrogens (tertiary/aromatic N) is 1. The molecule has 1 atom stereocenters. The highest BCUT2D eigenvalue weighted by Crippen LogP contribution is 2.37. The van der Waals surface area contributed by atoms with Crippen molar-refractivity contribution in [3.05, 3.63) is 22.7 Å². The zero-order valence-electron chi connectivity index (χ0n) is 10.7. The highest BCUT2D eigenvalue weighted by molar-refractivity contribution is 9.10. The third-order valence-corrected chi connectivity index (χ3v) is 3.91. The fourth-order valence-corrected chi connectivity index (χ4v) is 2.77. The molecule has 19 heavy (non-hydrogen) atoms. The smallest absolute Gasteiger partial charge is 0.311 e. The van der Waals surface area contributed by atoms with Crippen molar-refractivity contribution in [2.75, 3.05) is 25.7 Å². The van der Waals surface area contributed by atoms with Gasteiger partial charge in [-0.2, -0.15) is 0 Å². The van der Waals surface area contributed by atoms with Gasteiger partial charge in [-0.15, -0.1) is 0 Å². The number of methoxy groups -OCH3 is 2. The van der Waals surface area contributed by atoms with Gasteiger partial charge in [0.1, 0.15) is 5.75 Å². The van der Waals surface area contributed by atoms with Crippen molar-refractivity contribution in [2.45, 2.75) is 6.42 Å². The molecular weight excluding hydrogens is 314 g/mol. The van der Waals surface area contributed by atoms with Gasteiger partial charge < -0.3 is 14.4 Å². The molecule has 0 radical (unpaired) electrons. The number of ether oxygens (including phenoxy) is 2. The van der Waals surface area contributed by atoms with Crippen LogP contribution in [0.25, 0.3) is 0 Å². The molecular formula is C13H14BrNO4. The van der Waals surface area contributed by atoms with E-state index >= 15 is 0 Å². The summed E-state index contributed by atoms with van der Waals surface area (Å²) in [5, 5.41) is 0. The molecule has 1 aromatic rings. The van der Waals surface area contributed by atoms with Gasteiger partial charge in [0, 0.05) is 13.0 Å². The first-order valence-electron chi connectivity index (χ1n) is 5.79. The monoisotopic (exact) mass is 327 g/mol. The largest absolute Gasteiger partial charge is 0.495 e. The Kier molecular flexibility index (Phi) is 4.09. The van der Waals surface area contributed by atoms with Crippen LogP contribution in [0.4, 0.5) is 5.69 Å². The number of esters is 1. The molecule has 0 spiro atoms. The van der Waals surface area contributed by atoms with Crippen molar-refractivity contribution in [1.29, 1.82) is 0 Å². The van der Waals surface area contributed by atoms with Crippen LogP contribution in [-0.2, 0) is 14.3 Å². The van der Waals surface area contributed by atoms with Crippen molar-refractivity contribution in [1.82, 2.24) is 0 Å². The predicted molar refractivity (Wildman–Crippen MR) is 73.2 cm³/mol. The quantitative estimate of drug-likeness (QED) is 0.796. The Morgan fingerprint density at radius 3 is 2.79 bits per heavy atom. The van der Waals surface area contributed by atoms with Gasteiger partial charge in [-0.05, 0) is 28.1 Å². The van der Waals surface area contributed by atoms with E-state index in [1.165, 1.54) is 7.11 Å². The topological polar surface area (TPSA) is 55.8 Å². The molecule has 1 aliphatic heterocycles. The van der Waals surface area contributed by atoms with Crippen LogP contribution in [0.3, 0.4) is 0 Å². The Morgan fingerprint density at radius 2 is 2.16 bits per heavy atom. The first kappa shape index (κ1) is 13.9. The van der Waals surface area contributed by atoms with Crippen LogP contribution in [0.1, 0.15) is 6.42 Å². The molecule has 1 saturated heterocycles. The van der Waals surface area contributed by atoms with E-state index in [-0.39, 0.29) is 18.3 Å². The number of rotatable bonds is 3. The minimum Gasteiger partial charge on any atom is -0.495 e. The normalized spacial score (nSPS) is 18.6. The molecule has 1 aromatic carbocycles. The number of anilines is 1. The Morgan fingerprint density at radius 1 is 1.42 bits per heavy atom. The third-order valence-electron chi connectivity index (χ3n) is 3.11. The summed E-state index contributed by atoms with van der Waals surface area (Å²) >= 11 is 3.42. The summed E-state index contributed by atoms with van der Waals surface area (Å²) in [5.74, 6) is -0.207. The minimum atomic E-state index is -0.407. The number of carbonyl (C=O) groups excluding carboxylic acids is 2. The summed E-state index contributed by atoms with van der Waals surface area (Å²) in [6.45, 7) is 0.331. The lowest BCUT2D eigenvalue weighted by molar-refractivity contribution is -0.145. The summed E-state index contributed by atoms with van der Waals surface area (Å²) in [7, 11) is 2.89. The zero-order valence-corrected chi connectivity index (χ0v) is 12.3. The molecule has 102 valence electrons. The standard InChI is InChI=1S/C13H14BrNO4/c1-18-10-5-3-4-9(12(10)14)15-7-8(6-11(15)16)13(17)19-2/h3-5,8H,6-7H2,1-2H3. The average molecular weight is 328 g/mol. The maximum absolute atomic E-state index is 12.0. The summed E-state index contributed by atoms with van der Waals surface area (Å²) in [4.78, 5) is 25.1. The van der Waals surface area contributed by atoms with Crippen LogP contribution in [0.2, 0.25) is 0 Å². The second-order valence-electron chi connectivity index (χ2n) is 4.22. The van der Waals surface area contributed by atoms with Crippen molar-refractivity contribution < 1.29 is 19.1 Å². The first-order valence-corrected chi connectivity index (χ1v) is 6.58.